The Balaban J connectivity index is 1.03. The second kappa shape index (κ2) is 13.8. The smallest absolute Gasteiger partial charge is 0.410 e. The summed E-state index contributed by atoms with van der Waals surface area (Å²) in [5.74, 6) is 1.12. The molecule has 1 spiro atoms. The standard InChI is InChI=1S/C35H50ClN5O3/c1-3-4-10-28-25-40(24-27-8-6-5-7-9-27)34(43)44-35(28)17-21-38(22-18-35)30-15-19-39(20-16-30)33(42)32-23-37-41(26(32)2)31-13-11-29(36)12-14-31/h11-14,23,27-28,30H,3-10,15-22,24-25H2,1-2H3. The third-order valence-corrected chi connectivity index (χ3v) is 11.3. The first kappa shape index (κ1) is 31.4. The number of aromatic nitrogens is 2. The van der Waals surface area contributed by atoms with Gasteiger partial charge in [-0.3, -0.25) is 9.69 Å². The van der Waals surface area contributed by atoms with Crippen molar-refractivity contribution in [1.82, 2.24) is 24.5 Å². The van der Waals surface area contributed by atoms with Crippen LogP contribution in [0.3, 0.4) is 0 Å². The lowest BCUT2D eigenvalue weighted by atomic mass is 9.75. The van der Waals surface area contributed by atoms with Gasteiger partial charge in [0.25, 0.3) is 5.91 Å². The highest BCUT2D eigenvalue weighted by molar-refractivity contribution is 6.30. The van der Waals surface area contributed by atoms with Gasteiger partial charge in [0.05, 0.1) is 23.1 Å². The second-order valence-electron chi connectivity index (χ2n) is 13.8. The minimum Gasteiger partial charge on any atom is -0.442 e. The Bertz CT molecular complexity index is 1270. The predicted octanol–water partition coefficient (Wildman–Crippen LogP) is 7.11. The molecule has 8 nitrogen and oxygen atoms in total. The number of rotatable bonds is 8. The molecule has 9 heteroatoms. The summed E-state index contributed by atoms with van der Waals surface area (Å²) in [6.45, 7) is 9.38. The van der Waals surface area contributed by atoms with Crippen molar-refractivity contribution in [3.8, 4) is 5.69 Å². The third kappa shape index (κ3) is 6.67. The predicted molar refractivity (Wildman–Crippen MR) is 173 cm³/mol. The minimum atomic E-state index is -0.315. The van der Waals surface area contributed by atoms with Gasteiger partial charge in [0.15, 0.2) is 0 Å². The summed E-state index contributed by atoms with van der Waals surface area (Å²) in [5, 5.41) is 5.18. The van der Waals surface area contributed by atoms with Crippen molar-refractivity contribution < 1.29 is 14.3 Å². The van der Waals surface area contributed by atoms with Gasteiger partial charge in [-0.15, -0.1) is 0 Å². The molecule has 3 aliphatic heterocycles. The van der Waals surface area contributed by atoms with E-state index in [1.54, 1.807) is 10.9 Å². The van der Waals surface area contributed by atoms with Crippen LogP contribution in [0.1, 0.15) is 100 Å². The van der Waals surface area contributed by atoms with E-state index in [-0.39, 0.29) is 17.6 Å². The number of carbonyl (C=O) groups excluding carboxylic acids is 2. The molecule has 0 radical (unpaired) electrons. The summed E-state index contributed by atoms with van der Waals surface area (Å²) in [4.78, 5) is 33.5. The molecule has 3 saturated heterocycles. The molecule has 1 aromatic carbocycles. The number of hydrogen-bond donors (Lipinski definition) is 0. The summed E-state index contributed by atoms with van der Waals surface area (Å²) in [5.41, 5.74) is 2.08. The van der Waals surface area contributed by atoms with Crippen molar-refractivity contribution in [1.29, 1.82) is 0 Å². The Kier molecular flexibility index (Phi) is 9.86. The number of benzene rings is 1. The van der Waals surface area contributed by atoms with Crippen molar-refractivity contribution in [2.45, 2.75) is 103 Å². The Hall–Kier alpha value is -2.58. The van der Waals surface area contributed by atoms with Crippen LogP contribution < -0.4 is 0 Å². The number of hydrogen-bond acceptors (Lipinski definition) is 5. The number of ether oxygens (including phenoxy) is 1. The van der Waals surface area contributed by atoms with Gasteiger partial charge in [0.1, 0.15) is 5.60 Å². The fourth-order valence-corrected chi connectivity index (χ4v) is 8.43. The largest absolute Gasteiger partial charge is 0.442 e. The average Bonchev–Trinajstić information content (AvgIpc) is 3.43. The molecule has 1 aliphatic carbocycles. The maximum Gasteiger partial charge on any atom is 0.410 e. The fraction of sp³-hybridized carbons (Fsp3) is 0.686. The van der Waals surface area contributed by atoms with Crippen molar-refractivity contribution in [2.24, 2.45) is 11.8 Å². The van der Waals surface area contributed by atoms with E-state index in [9.17, 15) is 9.59 Å². The van der Waals surface area contributed by atoms with Gasteiger partial charge in [-0.25, -0.2) is 9.48 Å². The van der Waals surface area contributed by atoms with E-state index in [2.05, 4.69) is 21.8 Å². The maximum absolute atomic E-state index is 13.5. The number of halogens is 1. The SMILES string of the molecule is CCCCC1CN(CC2CCCCC2)C(=O)OC12CCN(C1CCN(C(=O)c3cnn(-c4ccc(Cl)cc4)c3C)CC1)CC2. The zero-order valence-electron chi connectivity index (χ0n) is 26.7. The van der Waals surface area contributed by atoms with Crippen LogP contribution in [-0.4, -0.2) is 87.4 Å². The Morgan fingerprint density at radius 1 is 1.02 bits per heavy atom. The molecule has 6 rings (SSSR count). The van der Waals surface area contributed by atoms with Crippen LogP contribution in [0.5, 0.6) is 0 Å². The molecule has 1 unspecified atom stereocenters. The van der Waals surface area contributed by atoms with E-state index in [1.165, 1.54) is 44.9 Å². The first-order chi connectivity index (χ1) is 21.4. The number of unbranched alkanes of at least 4 members (excludes halogenated alkanes) is 1. The van der Waals surface area contributed by atoms with E-state index < -0.39 is 0 Å². The van der Waals surface area contributed by atoms with Crippen LogP contribution in [0.15, 0.2) is 30.5 Å². The molecule has 2 amide bonds. The van der Waals surface area contributed by atoms with Crippen LogP contribution in [0.2, 0.25) is 5.02 Å². The van der Waals surface area contributed by atoms with Crippen LogP contribution in [0, 0.1) is 18.8 Å². The quantitative estimate of drug-likeness (QED) is 0.313. The minimum absolute atomic E-state index is 0.0597. The molecule has 1 saturated carbocycles. The first-order valence-electron chi connectivity index (χ1n) is 17.2. The first-order valence-corrected chi connectivity index (χ1v) is 17.6. The number of piperidine rings is 2. The number of likely N-dealkylation sites (tertiary alicyclic amines) is 2. The second-order valence-corrected chi connectivity index (χ2v) is 14.2. The summed E-state index contributed by atoms with van der Waals surface area (Å²) in [6, 6.07) is 7.97. The molecule has 240 valence electrons. The highest BCUT2D eigenvalue weighted by Crippen LogP contribution is 2.42. The van der Waals surface area contributed by atoms with Crippen LogP contribution in [0.4, 0.5) is 4.79 Å². The monoisotopic (exact) mass is 623 g/mol. The Morgan fingerprint density at radius 2 is 1.73 bits per heavy atom. The van der Waals surface area contributed by atoms with E-state index >= 15 is 0 Å². The summed E-state index contributed by atoms with van der Waals surface area (Å²) >= 11 is 6.05. The summed E-state index contributed by atoms with van der Waals surface area (Å²) < 4.78 is 8.26. The van der Waals surface area contributed by atoms with E-state index in [4.69, 9.17) is 16.3 Å². The molecule has 44 heavy (non-hydrogen) atoms. The molecule has 4 aliphatic rings. The number of nitrogens with zero attached hydrogens (tertiary/aromatic N) is 5. The van der Waals surface area contributed by atoms with Gasteiger partial charge >= 0.3 is 6.09 Å². The Morgan fingerprint density at radius 3 is 2.41 bits per heavy atom. The lowest BCUT2D eigenvalue weighted by molar-refractivity contribution is -0.127. The normalized spacial score (nSPS) is 23.7. The lowest BCUT2D eigenvalue weighted by Gasteiger charge is -2.52. The third-order valence-electron chi connectivity index (χ3n) is 11.1. The summed E-state index contributed by atoms with van der Waals surface area (Å²) in [6.07, 6.45) is 15.4. The summed E-state index contributed by atoms with van der Waals surface area (Å²) in [7, 11) is 0. The van der Waals surface area contributed by atoms with Crippen LogP contribution >= 0.6 is 11.6 Å². The molecular weight excluding hydrogens is 574 g/mol. The van der Waals surface area contributed by atoms with Gasteiger partial charge in [-0.2, -0.15) is 5.10 Å². The van der Waals surface area contributed by atoms with Gasteiger partial charge in [-0.05, 0) is 69.2 Å². The molecule has 4 heterocycles. The van der Waals surface area contributed by atoms with Crippen LogP contribution in [-0.2, 0) is 4.74 Å². The van der Waals surface area contributed by atoms with Crippen molar-refractivity contribution in [2.75, 3.05) is 39.3 Å². The zero-order valence-corrected chi connectivity index (χ0v) is 27.4. The van der Waals surface area contributed by atoms with E-state index in [0.29, 0.717) is 28.5 Å². The molecule has 0 bridgehead atoms. The van der Waals surface area contributed by atoms with E-state index in [1.807, 2.05) is 36.1 Å². The molecule has 0 N–H and O–H groups in total. The van der Waals surface area contributed by atoms with Gasteiger partial charge in [-0.1, -0.05) is 50.6 Å². The van der Waals surface area contributed by atoms with Crippen LogP contribution in [0.25, 0.3) is 5.69 Å². The molecule has 1 aromatic heterocycles. The average molecular weight is 624 g/mol. The van der Waals surface area contributed by atoms with Gasteiger partial charge in [0.2, 0.25) is 0 Å². The fourth-order valence-electron chi connectivity index (χ4n) is 8.31. The topological polar surface area (TPSA) is 70.9 Å². The van der Waals surface area contributed by atoms with Crippen molar-refractivity contribution >= 4 is 23.6 Å². The number of carbonyl (C=O) groups is 2. The molecular formula is C35H50ClN5O3. The highest BCUT2D eigenvalue weighted by atomic mass is 35.5. The van der Waals surface area contributed by atoms with Crippen molar-refractivity contribution in [3.05, 3.63) is 46.7 Å². The van der Waals surface area contributed by atoms with Gasteiger partial charge < -0.3 is 14.5 Å². The highest BCUT2D eigenvalue weighted by Gasteiger charge is 2.50. The maximum atomic E-state index is 13.5. The van der Waals surface area contributed by atoms with E-state index in [0.717, 1.165) is 82.8 Å². The molecule has 2 aromatic rings. The lowest BCUT2D eigenvalue weighted by Crippen LogP contribution is -2.61. The zero-order chi connectivity index (χ0) is 30.7. The molecule has 1 atom stereocenters. The van der Waals surface area contributed by atoms with Gasteiger partial charge in [0, 0.05) is 69.1 Å². The Labute approximate surface area is 268 Å². The molecule has 4 fully saturated rings. The van der Waals surface area contributed by atoms with Crippen molar-refractivity contribution in [3.63, 3.8) is 0 Å². The number of amides is 2.